The third-order valence-electron chi connectivity index (χ3n) is 3.47. The molecule has 1 saturated heterocycles. The van der Waals surface area contributed by atoms with Gasteiger partial charge in [0, 0.05) is 17.5 Å². The number of carboxylic acids is 1. The van der Waals surface area contributed by atoms with E-state index >= 15 is 0 Å². The maximum Gasteiger partial charge on any atom is 0.308 e. The van der Waals surface area contributed by atoms with E-state index in [1.54, 1.807) is 11.8 Å². The van der Waals surface area contributed by atoms with Crippen LogP contribution in [0.5, 0.6) is 0 Å². The van der Waals surface area contributed by atoms with Gasteiger partial charge in [0.25, 0.3) is 0 Å². The fraction of sp³-hybridized carbons (Fsp3) is 0.500. The van der Waals surface area contributed by atoms with Crippen molar-refractivity contribution in [3.63, 3.8) is 0 Å². The molecular formula is C12H16N2O3S. The van der Waals surface area contributed by atoms with Gasteiger partial charge in [-0.05, 0) is 24.8 Å². The lowest BCUT2D eigenvalue weighted by molar-refractivity contribution is -0.143. The number of thiophene rings is 1. The topological polar surface area (TPSA) is 83.6 Å². The van der Waals surface area contributed by atoms with Crippen molar-refractivity contribution in [2.75, 3.05) is 6.54 Å². The van der Waals surface area contributed by atoms with Crippen molar-refractivity contribution in [3.05, 3.63) is 22.4 Å². The molecule has 1 amide bonds. The number of nitrogens with two attached hydrogens (primary N) is 1. The molecule has 3 N–H and O–H groups in total. The highest BCUT2D eigenvalue weighted by molar-refractivity contribution is 7.10. The second-order valence-electron chi connectivity index (χ2n) is 4.50. The molecule has 98 valence electrons. The van der Waals surface area contributed by atoms with E-state index in [-0.39, 0.29) is 11.9 Å². The van der Waals surface area contributed by atoms with Gasteiger partial charge in [0.1, 0.15) is 6.04 Å². The van der Waals surface area contributed by atoms with Crippen molar-refractivity contribution < 1.29 is 14.7 Å². The van der Waals surface area contributed by atoms with Gasteiger partial charge in [-0.15, -0.1) is 11.3 Å². The average Bonchev–Trinajstić information content (AvgIpc) is 2.95. The molecule has 0 aliphatic carbocycles. The van der Waals surface area contributed by atoms with Crippen molar-refractivity contribution >= 4 is 23.2 Å². The fourth-order valence-electron chi connectivity index (χ4n) is 2.35. The Morgan fingerprint density at radius 2 is 2.33 bits per heavy atom. The number of carboxylic acid groups (broad SMARTS) is 1. The summed E-state index contributed by atoms with van der Waals surface area (Å²) in [7, 11) is 0. The van der Waals surface area contributed by atoms with Gasteiger partial charge in [-0.2, -0.15) is 0 Å². The van der Waals surface area contributed by atoms with Crippen LogP contribution in [0.4, 0.5) is 0 Å². The minimum atomic E-state index is -0.845. The first-order valence-corrected chi connectivity index (χ1v) is 6.72. The molecule has 3 unspecified atom stereocenters. The maximum absolute atomic E-state index is 12.2. The Morgan fingerprint density at radius 1 is 1.61 bits per heavy atom. The molecule has 1 aliphatic heterocycles. The zero-order valence-electron chi connectivity index (χ0n) is 10.1. The third-order valence-corrected chi connectivity index (χ3v) is 4.43. The molecular weight excluding hydrogens is 252 g/mol. The number of likely N-dealkylation sites (tertiary alicyclic amines) is 1. The summed E-state index contributed by atoms with van der Waals surface area (Å²) in [4.78, 5) is 25.6. The highest BCUT2D eigenvalue weighted by atomic mass is 32.1. The average molecular weight is 268 g/mol. The molecule has 0 radical (unpaired) electrons. The summed E-state index contributed by atoms with van der Waals surface area (Å²) >= 11 is 1.44. The smallest absolute Gasteiger partial charge is 0.308 e. The molecule has 3 atom stereocenters. The molecule has 1 aliphatic rings. The number of amides is 1. The Balaban J connectivity index is 2.09. The quantitative estimate of drug-likeness (QED) is 0.859. The molecule has 1 fully saturated rings. The molecule has 5 nitrogen and oxygen atoms in total. The first-order valence-electron chi connectivity index (χ1n) is 5.84. The highest BCUT2D eigenvalue weighted by Crippen LogP contribution is 2.28. The van der Waals surface area contributed by atoms with E-state index in [0.29, 0.717) is 13.0 Å². The van der Waals surface area contributed by atoms with Crippen LogP contribution in [-0.2, 0) is 9.59 Å². The Labute approximate surface area is 109 Å². The van der Waals surface area contributed by atoms with E-state index in [1.165, 1.54) is 11.3 Å². The third kappa shape index (κ3) is 2.26. The molecule has 2 heterocycles. The number of aliphatic carboxylic acids is 1. The van der Waals surface area contributed by atoms with Crippen molar-refractivity contribution in [1.29, 1.82) is 0 Å². The maximum atomic E-state index is 12.2. The predicted octanol–water partition coefficient (Wildman–Crippen LogP) is 1.07. The van der Waals surface area contributed by atoms with Gasteiger partial charge in [-0.1, -0.05) is 6.07 Å². The predicted molar refractivity (Wildman–Crippen MR) is 68.2 cm³/mol. The van der Waals surface area contributed by atoms with Crippen molar-refractivity contribution in [3.8, 4) is 0 Å². The van der Waals surface area contributed by atoms with Crippen LogP contribution >= 0.6 is 11.3 Å². The van der Waals surface area contributed by atoms with E-state index in [4.69, 9.17) is 10.8 Å². The summed E-state index contributed by atoms with van der Waals surface area (Å²) < 4.78 is 0. The van der Waals surface area contributed by atoms with Gasteiger partial charge in [0.05, 0.1) is 5.92 Å². The zero-order chi connectivity index (χ0) is 13.3. The number of carbonyl (C=O) groups excluding carboxylic acids is 1. The van der Waals surface area contributed by atoms with Crippen LogP contribution in [0, 0.1) is 5.92 Å². The standard InChI is InChI=1S/C12H16N2O3S/c1-7-8(12(16)17)4-5-14(7)11(15)10(13)9-3-2-6-18-9/h2-3,6-8,10H,4-5,13H2,1H3,(H,16,17). The van der Waals surface area contributed by atoms with Gasteiger partial charge < -0.3 is 15.7 Å². The monoisotopic (exact) mass is 268 g/mol. The molecule has 1 aromatic heterocycles. The Kier molecular flexibility index (Phi) is 3.68. The van der Waals surface area contributed by atoms with Crippen molar-refractivity contribution in [1.82, 2.24) is 4.90 Å². The summed E-state index contributed by atoms with van der Waals surface area (Å²) in [5, 5.41) is 10.9. The van der Waals surface area contributed by atoms with Crippen molar-refractivity contribution in [2.45, 2.75) is 25.4 Å². The molecule has 0 saturated carbocycles. The van der Waals surface area contributed by atoms with Gasteiger partial charge >= 0.3 is 5.97 Å². The lowest BCUT2D eigenvalue weighted by Gasteiger charge is -2.25. The van der Waals surface area contributed by atoms with Crippen LogP contribution < -0.4 is 5.73 Å². The lowest BCUT2D eigenvalue weighted by Crippen LogP contribution is -2.42. The SMILES string of the molecule is CC1C(C(=O)O)CCN1C(=O)C(N)c1cccs1. The van der Waals surface area contributed by atoms with Crippen LogP contribution in [-0.4, -0.2) is 34.5 Å². The Bertz CT molecular complexity index is 446. The molecule has 0 bridgehead atoms. The number of carbonyl (C=O) groups is 2. The van der Waals surface area contributed by atoms with Crippen LogP contribution in [0.25, 0.3) is 0 Å². The van der Waals surface area contributed by atoms with E-state index < -0.39 is 17.9 Å². The van der Waals surface area contributed by atoms with E-state index in [9.17, 15) is 9.59 Å². The van der Waals surface area contributed by atoms with E-state index in [2.05, 4.69) is 0 Å². The molecule has 0 aromatic carbocycles. The minimum absolute atomic E-state index is 0.186. The van der Waals surface area contributed by atoms with Crippen LogP contribution in [0.3, 0.4) is 0 Å². The number of nitrogens with zero attached hydrogens (tertiary/aromatic N) is 1. The summed E-state index contributed by atoms with van der Waals surface area (Å²) in [5.74, 6) is -1.51. The second kappa shape index (κ2) is 5.07. The van der Waals surface area contributed by atoms with Gasteiger partial charge in [0.2, 0.25) is 5.91 Å². The molecule has 18 heavy (non-hydrogen) atoms. The van der Waals surface area contributed by atoms with Crippen LogP contribution in [0.15, 0.2) is 17.5 Å². The zero-order valence-corrected chi connectivity index (χ0v) is 10.9. The minimum Gasteiger partial charge on any atom is -0.481 e. The number of hydrogen-bond donors (Lipinski definition) is 2. The van der Waals surface area contributed by atoms with Gasteiger partial charge in [-0.25, -0.2) is 0 Å². The van der Waals surface area contributed by atoms with Crippen molar-refractivity contribution in [2.24, 2.45) is 11.7 Å². The number of hydrogen-bond acceptors (Lipinski definition) is 4. The Hall–Kier alpha value is -1.40. The second-order valence-corrected chi connectivity index (χ2v) is 5.48. The Morgan fingerprint density at radius 3 is 2.83 bits per heavy atom. The van der Waals surface area contributed by atoms with E-state index in [1.807, 2.05) is 17.5 Å². The van der Waals surface area contributed by atoms with Crippen LogP contribution in [0.1, 0.15) is 24.3 Å². The summed E-state index contributed by atoms with van der Waals surface area (Å²) in [6, 6.07) is 2.70. The summed E-state index contributed by atoms with van der Waals surface area (Å²) in [6.07, 6.45) is 0.499. The van der Waals surface area contributed by atoms with E-state index in [0.717, 1.165) is 4.88 Å². The normalized spacial score (nSPS) is 25.1. The first-order chi connectivity index (χ1) is 8.52. The highest BCUT2D eigenvalue weighted by Gasteiger charge is 2.39. The first kappa shape index (κ1) is 13.0. The fourth-order valence-corrected chi connectivity index (χ4v) is 3.07. The van der Waals surface area contributed by atoms with Gasteiger partial charge in [-0.3, -0.25) is 9.59 Å². The number of rotatable bonds is 3. The molecule has 6 heteroatoms. The van der Waals surface area contributed by atoms with Gasteiger partial charge in [0.15, 0.2) is 0 Å². The largest absolute Gasteiger partial charge is 0.481 e. The molecule has 2 rings (SSSR count). The summed E-state index contributed by atoms with van der Waals surface area (Å²) in [6.45, 7) is 2.24. The molecule has 0 spiro atoms. The molecule has 1 aromatic rings. The van der Waals surface area contributed by atoms with Crippen LogP contribution in [0.2, 0.25) is 0 Å². The summed E-state index contributed by atoms with van der Waals surface area (Å²) in [5.41, 5.74) is 5.92. The lowest BCUT2D eigenvalue weighted by atomic mass is 10.0.